The second kappa shape index (κ2) is 6.11. The van der Waals surface area contributed by atoms with E-state index in [1.54, 1.807) is 6.07 Å². The van der Waals surface area contributed by atoms with E-state index in [-0.39, 0.29) is 5.75 Å². The molecule has 18 heavy (non-hydrogen) atoms. The van der Waals surface area contributed by atoms with Gasteiger partial charge in [-0.25, -0.2) is 0 Å². The van der Waals surface area contributed by atoms with E-state index in [2.05, 4.69) is 4.90 Å². The van der Waals surface area contributed by atoms with Gasteiger partial charge in [0.25, 0.3) is 0 Å². The van der Waals surface area contributed by atoms with Crippen LogP contribution in [0.25, 0.3) is 0 Å². The van der Waals surface area contributed by atoms with Crippen molar-refractivity contribution in [2.45, 2.75) is 19.4 Å². The van der Waals surface area contributed by atoms with Crippen molar-refractivity contribution in [3.05, 3.63) is 27.7 Å². The molecule has 100 valence electrons. The summed E-state index contributed by atoms with van der Waals surface area (Å²) in [5, 5.41) is 10.7. The van der Waals surface area contributed by atoms with Crippen molar-refractivity contribution >= 4 is 23.2 Å². The molecule has 0 radical (unpaired) electrons. The van der Waals surface area contributed by atoms with Crippen LogP contribution in [0.5, 0.6) is 5.75 Å². The lowest BCUT2D eigenvalue weighted by Gasteiger charge is -2.31. The van der Waals surface area contributed by atoms with Gasteiger partial charge in [0.15, 0.2) is 0 Å². The van der Waals surface area contributed by atoms with Gasteiger partial charge in [-0.05, 0) is 44.5 Å². The number of aromatic hydroxyl groups is 1. The average Bonchev–Trinajstić information content (AvgIpc) is 2.37. The van der Waals surface area contributed by atoms with Crippen molar-refractivity contribution in [1.29, 1.82) is 0 Å². The lowest BCUT2D eigenvalue weighted by molar-refractivity contribution is 0.179. The van der Waals surface area contributed by atoms with Gasteiger partial charge >= 0.3 is 0 Å². The highest BCUT2D eigenvalue weighted by Crippen LogP contribution is 2.31. The molecule has 0 aliphatic carbocycles. The largest absolute Gasteiger partial charge is 0.508 e. The quantitative estimate of drug-likeness (QED) is 0.899. The lowest BCUT2D eigenvalue weighted by Crippen LogP contribution is -2.35. The Kier molecular flexibility index (Phi) is 4.73. The van der Waals surface area contributed by atoms with E-state index < -0.39 is 0 Å². The summed E-state index contributed by atoms with van der Waals surface area (Å²) in [7, 11) is 0. The van der Waals surface area contributed by atoms with E-state index >= 15 is 0 Å². The SMILES string of the molecule is NCC1CCN(Cc2cc(Cl)c(Cl)cc2O)CC1. The van der Waals surface area contributed by atoms with E-state index in [4.69, 9.17) is 28.9 Å². The van der Waals surface area contributed by atoms with Crippen LogP contribution in [0, 0.1) is 5.92 Å². The van der Waals surface area contributed by atoms with Crippen molar-refractivity contribution in [3.63, 3.8) is 0 Å². The Hall–Kier alpha value is -0.480. The fourth-order valence-corrected chi connectivity index (χ4v) is 2.67. The number of phenolic OH excluding ortho intramolecular Hbond substituents is 1. The maximum Gasteiger partial charge on any atom is 0.121 e. The van der Waals surface area contributed by atoms with Crippen molar-refractivity contribution in [1.82, 2.24) is 4.90 Å². The van der Waals surface area contributed by atoms with Crippen LogP contribution in [-0.2, 0) is 6.54 Å². The molecule has 3 nitrogen and oxygen atoms in total. The van der Waals surface area contributed by atoms with Crippen LogP contribution in [0.4, 0.5) is 0 Å². The molecule has 0 unspecified atom stereocenters. The van der Waals surface area contributed by atoms with Crippen LogP contribution < -0.4 is 5.73 Å². The fraction of sp³-hybridized carbons (Fsp3) is 0.538. The Morgan fingerprint density at radius 2 is 1.83 bits per heavy atom. The van der Waals surface area contributed by atoms with E-state index in [9.17, 15) is 5.11 Å². The smallest absolute Gasteiger partial charge is 0.121 e. The van der Waals surface area contributed by atoms with Crippen LogP contribution >= 0.6 is 23.2 Å². The van der Waals surface area contributed by atoms with E-state index in [0.717, 1.165) is 38.0 Å². The van der Waals surface area contributed by atoms with E-state index in [1.807, 2.05) is 0 Å². The molecule has 0 aromatic heterocycles. The lowest BCUT2D eigenvalue weighted by atomic mass is 9.97. The van der Waals surface area contributed by atoms with Gasteiger partial charge in [0.2, 0.25) is 0 Å². The first-order valence-corrected chi connectivity index (χ1v) is 6.95. The van der Waals surface area contributed by atoms with E-state index in [0.29, 0.717) is 22.5 Å². The fourth-order valence-electron chi connectivity index (χ4n) is 2.33. The molecular formula is C13H18Cl2N2O. The first-order valence-electron chi connectivity index (χ1n) is 6.19. The third-order valence-corrected chi connectivity index (χ3v) is 4.28. The third kappa shape index (κ3) is 3.29. The first-order chi connectivity index (χ1) is 8.60. The van der Waals surface area contributed by atoms with Gasteiger partial charge in [-0.15, -0.1) is 0 Å². The predicted molar refractivity (Wildman–Crippen MR) is 75.2 cm³/mol. The summed E-state index contributed by atoms with van der Waals surface area (Å²) in [5.74, 6) is 0.856. The second-order valence-corrected chi connectivity index (χ2v) is 5.66. The molecule has 1 aromatic carbocycles. The number of nitrogens with zero attached hydrogens (tertiary/aromatic N) is 1. The van der Waals surface area contributed by atoms with Crippen LogP contribution in [-0.4, -0.2) is 29.6 Å². The molecule has 1 saturated heterocycles. The van der Waals surface area contributed by atoms with Gasteiger partial charge in [-0.2, -0.15) is 0 Å². The number of likely N-dealkylation sites (tertiary alicyclic amines) is 1. The Bertz CT molecular complexity index is 418. The monoisotopic (exact) mass is 288 g/mol. The van der Waals surface area contributed by atoms with Gasteiger partial charge in [0, 0.05) is 18.2 Å². The summed E-state index contributed by atoms with van der Waals surface area (Å²) in [6.07, 6.45) is 2.25. The number of benzene rings is 1. The zero-order valence-corrected chi connectivity index (χ0v) is 11.7. The molecular weight excluding hydrogens is 271 g/mol. The van der Waals surface area contributed by atoms with Gasteiger partial charge in [-0.3, -0.25) is 4.90 Å². The standard InChI is InChI=1S/C13H18Cl2N2O/c14-11-5-10(13(18)6-12(11)15)8-17-3-1-9(7-16)2-4-17/h5-6,9,18H,1-4,7-8,16H2. The van der Waals surface area contributed by atoms with Crippen LogP contribution in [0.2, 0.25) is 10.0 Å². The zero-order chi connectivity index (χ0) is 13.1. The Balaban J connectivity index is 2.00. The van der Waals surface area contributed by atoms with Crippen molar-refractivity contribution in [2.24, 2.45) is 11.7 Å². The van der Waals surface area contributed by atoms with E-state index in [1.165, 1.54) is 6.07 Å². The molecule has 2 rings (SSSR count). The van der Waals surface area contributed by atoms with Crippen LogP contribution in [0.15, 0.2) is 12.1 Å². The normalized spacial score (nSPS) is 18.2. The number of hydrogen-bond acceptors (Lipinski definition) is 3. The maximum absolute atomic E-state index is 9.85. The molecule has 0 spiro atoms. The second-order valence-electron chi connectivity index (χ2n) is 4.85. The molecule has 0 amide bonds. The Morgan fingerprint density at radius 1 is 1.22 bits per heavy atom. The molecule has 5 heteroatoms. The highest BCUT2D eigenvalue weighted by molar-refractivity contribution is 6.42. The molecule has 1 heterocycles. The summed E-state index contributed by atoms with van der Waals surface area (Å²) >= 11 is 11.8. The summed E-state index contributed by atoms with van der Waals surface area (Å²) in [6, 6.07) is 3.25. The summed E-state index contributed by atoms with van der Waals surface area (Å²) in [5.41, 5.74) is 6.50. The number of nitrogens with two attached hydrogens (primary N) is 1. The third-order valence-electron chi connectivity index (χ3n) is 3.56. The Labute approximate surface area is 117 Å². The number of hydrogen-bond donors (Lipinski definition) is 2. The zero-order valence-electron chi connectivity index (χ0n) is 10.2. The minimum atomic E-state index is 0.213. The molecule has 0 saturated carbocycles. The van der Waals surface area contributed by atoms with Crippen molar-refractivity contribution in [2.75, 3.05) is 19.6 Å². The number of piperidine rings is 1. The highest BCUT2D eigenvalue weighted by atomic mass is 35.5. The maximum atomic E-state index is 9.85. The van der Waals surface area contributed by atoms with Crippen LogP contribution in [0.3, 0.4) is 0 Å². The topological polar surface area (TPSA) is 49.5 Å². The minimum Gasteiger partial charge on any atom is -0.508 e. The van der Waals surface area contributed by atoms with Gasteiger partial charge in [0.1, 0.15) is 5.75 Å². The summed E-state index contributed by atoms with van der Waals surface area (Å²) in [6.45, 7) is 3.51. The number of rotatable bonds is 3. The van der Waals surface area contributed by atoms with Crippen LogP contribution in [0.1, 0.15) is 18.4 Å². The molecule has 0 atom stereocenters. The number of phenols is 1. The molecule has 1 aromatic rings. The predicted octanol–water partition coefficient (Wildman–Crippen LogP) is 2.87. The first kappa shape index (κ1) is 13.9. The Morgan fingerprint density at radius 3 is 2.44 bits per heavy atom. The molecule has 0 bridgehead atoms. The van der Waals surface area contributed by atoms with Gasteiger partial charge in [0.05, 0.1) is 10.0 Å². The summed E-state index contributed by atoms with van der Waals surface area (Å²) < 4.78 is 0. The van der Waals surface area contributed by atoms with Gasteiger partial charge < -0.3 is 10.8 Å². The minimum absolute atomic E-state index is 0.213. The number of halogens is 2. The van der Waals surface area contributed by atoms with Crippen molar-refractivity contribution < 1.29 is 5.11 Å². The summed E-state index contributed by atoms with van der Waals surface area (Å²) in [4.78, 5) is 2.31. The van der Waals surface area contributed by atoms with Gasteiger partial charge in [-0.1, -0.05) is 23.2 Å². The molecule has 1 fully saturated rings. The average molecular weight is 289 g/mol. The molecule has 1 aliphatic heterocycles. The highest BCUT2D eigenvalue weighted by Gasteiger charge is 2.19. The van der Waals surface area contributed by atoms with Crippen molar-refractivity contribution in [3.8, 4) is 5.75 Å². The molecule has 1 aliphatic rings. The molecule has 3 N–H and O–H groups in total.